The molecule has 0 aromatic heterocycles. The van der Waals surface area contributed by atoms with Gasteiger partial charge in [0, 0.05) is 10.2 Å². The van der Waals surface area contributed by atoms with Crippen LogP contribution < -0.4 is 5.32 Å². The highest BCUT2D eigenvalue weighted by molar-refractivity contribution is 9.10. The van der Waals surface area contributed by atoms with Crippen LogP contribution in [0.4, 0.5) is 5.69 Å². The number of carbonyl (C=O) groups excluding carboxylic acids is 3. The molecule has 7 heteroatoms. The van der Waals surface area contributed by atoms with Crippen LogP contribution in [0.25, 0.3) is 0 Å². The molecule has 0 spiro atoms. The highest BCUT2D eigenvalue weighted by Crippen LogP contribution is 2.12. The number of amides is 1. The molecule has 2 aromatic carbocycles. The molecular weight excluding hydrogens is 390 g/mol. The molecule has 0 aliphatic rings. The van der Waals surface area contributed by atoms with E-state index in [1.54, 1.807) is 30.3 Å². The van der Waals surface area contributed by atoms with E-state index in [4.69, 9.17) is 4.74 Å². The van der Waals surface area contributed by atoms with Gasteiger partial charge in [0.15, 0.2) is 6.61 Å². The maximum atomic E-state index is 11.9. The van der Waals surface area contributed by atoms with E-state index in [9.17, 15) is 14.4 Å². The lowest BCUT2D eigenvalue weighted by atomic mass is 10.2. The van der Waals surface area contributed by atoms with Gasteiger partial charge in [0.05, 0.1) is 19.1 Å². The summed E-state index contributed by atoms with van der Waals surface area (Å²) in [6.07, 6.45) is 0.0817. The van der Waals surface area contributed by atoms with Crippen molar-refractivity contribution in [3.05, 3.63) is 64.1 Å². The lowest BCUT2D eigenvalue weighted by molar-refractivity contribution is -0.146. The Labute approximate surface area is 153 Å². The average molecular weight is 406 g/mol. The Morgan fingerprint density at radius 1 is 1.08 bits per heavy atom. The number of methoxy groups -OCH3 is 1. The smallest absolute Gasteiger partial charge is 0.337 e. The summed E-state index contributed by atoms with van der Waals surface area (Å²) >= 11 is 3.31. The third-order valence-corrected chi connectivity index (χ3v) is 3.72. The van der Waals surface area contributed by atoms with Crippen molar-refractivity contribution in [1.29, 1.82) is 0 Å². The summed E-state index contributed by atoms with van der Waals surface area (Å²) in [5.74, 6) is -1.50. The second-order valence-electron chi connectivity index (χ2n) is 5.08. The zero-order chi connectivity index (χ0) is 18.2. The molecule has 1 N–H and O–H groups in total. The quantitative estimate of drug-likeness (QED) is 0.747. The Morgan fingerprint density at radius 2 is 1.80 bits per heavy atom. The number of esters is 2. The van der Waals surface area contributed by atoms with E-state index in [-0.39, 0.29) is 6.42 Å². The molecule has 0 bridgehead atoms. The van der Waals surface area contributed by atoms with Crippen molar-refractivity contribution in [2.24, 2.45) is 0 Å². The molecule has 6 nitrogen and oxygen atoms in total. The zero-order valence-electron chi connectivity index (χ0n) is 13.5. The number of hydrogen-bond acceptors (Lipinski definition) is 5. The van der Waals surface area contributed by atoms with Crippen LogP contribution in [0.1, 0.15) is 15.9 Å². The molecule has 0 atom stereocenters. The summed E-state index contributed by atoms with van der Waals surface area (Å²) in [4.78, 5) is 35.1. The van der Waals surface area contributed by atoms with Gasteiger partial charge in [-0.2, -0.15) is 0 Å². The van der Waals surface area contributed by atoms with Crippen LogP contribution in [-0.2, 0) is 25.5 Å². The van der Waals surface area contributed by atoms with Crippen molar-refractivity contribution in [1.82, 2.24) is 0 Å². The van der Waals surface area contributed by atoms with Gasteiger partial charge in [0.1, 0.15) is 0 Å². The third-order valence-electron chi connectivity index (χ3n) is 3.19. The normalized spacial score (nSPS) is 10.0. The van der Waals surface area contributed by atoms with Crippen LogP contribution in [0.15, 0.2) is 53.0 Å². The van der Waals surface area contributed by atoms with E-state index >= 15 is 0 Å². The summed E-state index contributed by atoms with van der Waals surface area (Å²) in [7, 11) is 1.28. The number of benzene rings is 2. The van der Waals surface area contributed by atoms with Gasteiger partial charge < -0.3 is 14.8 Å². The van der Waals surface area contributed by atoms with Crippen molar-refractivity contribution in [3.63, 3.8) is 0 Å². The van der Waals surface area contributed by atoms with Gasteiger partial charge in [-0.1, -0.05) is 34.1 Å². The molecule has 1 amide bonds. The molecule has 0 heterocycles. The maximum Gasteiger partial charge on any atom is 0.337 e. The number of carbonyl (C=O) groups is 3. The summed E-state index contributed by atoms with van der Waals surface area (Å²) in [6, 6.07) is 13.5. The first kappa shape index (κ1) is 18.7. The van der Waals surface area contributed by atoms with Crippen molar-refractivity contribution >= 4 is 39.5 Å². The van der Waals surface area contributed by atoms with Crippen LogP contribution in [0, 0.1) is 0 Å². The van der Waals surface area contributed by atoms with Crippen LogP contribution in [0.5, 0.6) is 0 Å². The Bertz CT molecular complexity index is 773. The molecule has 0 radical (unpaired) electrons. The summed E-state index contributed by atoms with van der Waals surface area (Å²) in [5, 5.41) is 2.56. The van der Waals surface area contributed by atoms with E-state index in [2.05, 4.69) is 26.0 Å². The Kier molecular flexibility index (Phi) is 6.71. The Hall–Kier alpha value is -2.67. The molecule has 0 aliphatic carbocycles. The van der Waals surface area contributed by atoms with Crippen molar-refractivity contribution in [2.75, 3.05) is 19.0 Å². The minimum absolute atomic E-state index is 0.0817. The molecule has 0 aliphatic heterocycles. The second kappa shape index (κ2) is 8.98. The van der Waals surface area contributed by atoms with E-state index in [0.29, 0.717) is 11.3 Å². The van der Waals surface area contributed by atoms with E-state index < -0.39 is 24.5 Å². The van der Waals surface area contributed by atoms with E-state index in [1.807, 2.05) is 12.1 Å². The van der Waals surface area contributed by atoms with Crippen molar-refractivity contribution in [3.8, 4) is 0 Å². The van der Waals surface area contributed by atoms with Crippen molar-refractivity contribution < 1.29 is 23.9 Å². The van der Waals surface area contributed by atoms with Crippen LogP contribution in [-0.4, -0.2) is 31.6 Å². The number of rotatable bonds is 6. The molecule has 130 valence electrons. The van der Waals surface area contributed by atoms with Crippen molar-refractivity contribution in [2.45, 2.75) is 6.42 Å². The highest BCUT2D eigenvalue weighted by atomic mass is 79.9. The number of hydrogen-bond donors (Lipinski definition) is 1. The Balaban J connectivity index is 1.83. The first-order valence-electron chi connectivity index (χ1n) is 7.36. The lowest BCUT2D eigenvalue weighted by Crippen LogP contribution is -2.21. The van der Waals surface area contributed by atoms with Crippen LogP contribution in [0.3, 0.4) is 0 Å². The van der Waals surface area contributed by atoms with Crippen LogP contribution in [0.2, 0.25) is 0 Å². The first-order chi connectivity index (χ1) is 12.0. The Morgan fingerprint density at radius 3 is 2.48 bits per heavy atom. The molecule has 0 fully saturated rings. The lowest BCUT2D eigenvalue weighted by Gasteiger charge is -2.08. The van der Waals surface area contributed by atoms with Gasteiger partial charge in [-0.15, -0.1) is 0 Å². The predicted octanol–water partition coefficient (Wildman–Crippen LogP) is 2.96. The molecular formula is C18H16BrNO5. The van der Waals surface area contributed by atoms with Gasteiger partial charge in [0.25, 0.3) is 5.91 Å². The van der Waals surface area contributed by atoms with Gasteiger partial charge in [-0.25, -0.2) is 4.79 Å². The van der Waals surface area contributed by atoms with Gasteiger partial charge in [0.2, 0.25) is 0 Å². The minimum Gasteiger partial charge on any atom is -0.465 e. The monoisotopic (exact) mass is 405 g/mol. The summed E-state index contributed by atoms with van der Waals surface area (Å²) in [5.41, 5.74) is 1.52. The van der Waals surface area contributed by atoms with Gasteiger partial charge >= 0.3 is 11.9 Å². The van der Waals surface area contributed by atoms with Gasteiger partial charge in [-0.05, 0) is 35.9 Å². The summed E-state index contributed by atoms with van der Waals surface area (Å²) < 4.78 is 10.5. The minimum atomic E-state index is -0.503. The third kappa shape index (κ3) is 6.04. The highest BCUT2D eigenvalue weighted by Gasteiger charge is 2.11. The largest absolute Gasteiger partial charge is 0.465 e. The topological polar surface area (TPSA) is 81.7 Å². The molecule has 0 unspecified atom stereocenters. The van der Waals surface area contributed by atoms with Gasteiger partial charge in [-0.3, -0.25) is 9.59 Å². The average Bonchev–Trinajstić information content (AvgIpc) is 2.61. The fourth-order valence-electron chi connectivity index (χ4n) is 2.00. The maximum absolute atomic E-state index is 11.9. The molecule has 0 saturated heterocycles. The standard InChI is InChI=1S/C18H16BrNO5/c1-24-18(23)13-3-2-4-15(10-13)20-16(21)11-25-17(22)9-12-5-7-14(19)8-6-12/h2-8,10H,9,11H2,1H3,(H,20,21). The zero-order valence-corrected chi connectivity index (χ0v) is 15.0. The number of anilines is 1. The SMILES string of the molecule is COC(=O)c1cccc(NC(=O)COC(=O)Cc2ccc(Br)cc2)c1. The number of halogens is 1. The molecule has 2 rings (SSSR count). The van der Waals surface area contributed by atoms with E-state index in [0.717, 1.165) is 10.0 Å². The van der Waals surface area contributed by atoms with Crippen LogP contribution >= 0.6 is 15.9 Å². The fraction of sp³-hybridized carbons (Fsp3) is 0.167. The number of nitrogens with one attached hydrogen (secondary N) is 1. The first-order valence-corrected chi connectivity index (χ1v) is 8.15. The summed E-state index contributed by atoms with van der Waals surface area (Å²) in [6.45, 7) is -0.405. The predicted molar refractivity (Wildman–Crippen MR) is 95.2 cm³/mol. The van der Waals surface area contributed by atoms with E-state index in [1.165, 1.54) is 13.2 Å². The second-order valence-corrected chi connectivity index (χ2v) is 6.00. The molecule has 0 saturated carbocycles. The fourth-order valence-corrected chi connectivity index (χ4v) is 2.27. The number of ether oxygens (including phenoxy) is 2. The molecule has 2 aromatic rings. The molecule has 25 heavy (non-hydrogen) atoms.